The van der Waals surface area contributed by atoms with Crippen LogP contribution in [0.1, 0.15) is 59.3 Å². The number of carbonyl (C=O) groups is 1. The van der Waals surface area contributed by atoms with Crippen LogP contribution in [0.3, 0.4) is 0 Å². The summed E-state index contributed by atoms with van der Waals surface area (Å²) in [6.45, 7) is 6.57. The summed E-state index contributed by atoms with van der Waals surface area (Å²) in [5, 5.41) is 3.44. The molecular formula is C15H30N2O. The number of nitrogens with one attached hydrogen (secondary N) is 1. The van der Waals surface area contributed by atoms with Crippen LogP contribution in [0.4, 0.5) is 0 Å². The Hall–Kier alpha value is -0.570. The number of rotatable bonds is 5. The number of nitrogens with zero attached hydrogens (tertiary/aromatic N) is 1. The zero-order chi connectivity index (χ0) is 13.8. The van der Waals surface area contributed by atoms with Gasteiger partial charge in [0.15, 0.2) is 0 Å². The molecule has 0 radical (unpaired) electrons. The molecule has 2 atom stereocenters. The van der Waals surface area contributed by atoms with E-state index in [1.54, 1.807) is 4.90 Å². The minimum Gasteiger partial charge on any atom is -0.347 e. The van der Waals surface area contributed by atoms with Crippen molar-refractivity contribution in [2.24, 2.45) is 5.41 Å². The highest BCUT2D eigenvalue weighted by molar-refractivity contribution is 5.80. The fourth-order valence-electron chi connectivity index (χ4n) is 3.29. The van der Waals surface area contributed by atoms with Crippen molar-refractivity contribution in [3.05, 3.63) is 0 Å². The first-order valence-corrected chi connectivity index (χ1v) is 7.31. The second-order valence-electron chi connectivity index (χ2n) is 6.60. The molecule has 1 saturated carbocycles. The van der Waals surface area contributed by atoms with E-state index in [1.165, 1.54) is 38.5 Å². The number of hydrogen-bond acceptors (Lipinski definition) is 2. The first-order chi connectivity index (χ1) is 8.34. The molecule has 18 heavy (non-hydrogen) atoms. The minimum atomic E-state index is -0.0813. The van der Waals surface area contributed by atoms with E-state index in [1.807, 2.05) is 21.0 Å². The summed E-state index contributed by atoms with van der Waals surface area (Å²) in [6, 6.07) is 0.328. The van der Waals surface area contributed by atoms with Crippen molar-refractivity contribution < 1.29 is 4.79 Å². The molecule has 0 aromatic heterocycles. The van der Waals surface area contributed by atoms with Crippen LogP contribution in [0.2, 0.25) is 0 Å². The van der Waals surface area contributed by atoms with Gasteiger partial charge in [-0.2, -0.15) is 0 Å². The SMILES string of the molecule is CC(CC1(C)CCCCC1)NC(C)C(=O)N(C)C. The molecule has 1 rings (SSSR count). The molecule has 0 saturated heterocycles. The van der Waals surface area contributed by atoms with Crippen LogP contribution in [-0.2, 0) is 4.79 Å². The minimum absolute atomic E-state index is 0.0813. The quantitative estimate of drug-likeness (QED) is 0.818. The van der Waals surface area contributed by atoms with Crippen molar-refractivity contribution in [1.29, 1.82) is 0 Å². The van der Waals surface area contributed by atoms with E-state index < -0.39 is 0 Å². The van der Waals surface area contributed by atoms with Gasteiger partial charge in [-0.3, -0.25) is 4.79 Å². The molecule has 0 heterocycles. The maximum Gasteiger partial charge on any atom is 0.238 e. The molecule has 0 aliphatic heterocycles. The second kappa shape index (κ2) is 6.55. The van der Waals surface area contributed by atoms with Gasteiger partial charge in [0.1, 0.15) is 0 Å². The van der Waals surface area contributed by atoms with Gasteiger partial charge in [0.05, 0.1) is 6.04 Å². The third-order valence-electron chi connectivity index (χ3n) is 4.21. The van der Waals surface area contributed by atoms with Gasteiger partial charge in [0.25, 0.3) is 0 Å². The molecule has 3 heteroatoms. The monoisotopic (exact) mass is 254 g/mol. The van der Waals surface area contributed by atoms with Crippen LogP contribution < -0.4 is 5.32 Å². The lowest BCUT2D eigenvalue weighted by Gasteiger charge is -2.36. The zero-order valence-corrected chi connectivity index (χ0v) is 12.8. The van der Waals surface area contributed by atoms with E-state index >= 15 is 0 Å². The molecule has 0 spiro atoms. The van der Waals surface area contributed by atoms with E-state index in [2.05, 4.69) is 19.2 Å². The number of likely N-dealkylation sites (N-methyl/N-ethyl adjacent to an activating group) is 1. The fourth-order valence-corrected chi connectivity index (χ4v) is 3.29. The summed E-state index contributed by atoms with van der Waals surface area (Å²) < 4.78 is 0. The first-order valence-electron chi connectivity index (χ1n) is 7.31. The Labute approximate surface area is 112 Å². The molecule has 106 valence electrons. The highest BCUT2D eigenvalue weighted by Gasteiger charge is 2.29. The van der Waals surface area contributed by atoms with E-state index in [4.69, 9.17) is 0 Å². The van der Waals surface area contributed by atoms with Crippen molar-refractivity contribution in [2.45, 2.75) is 71.4 Å². The normalized spacial score (nSPS) is 22.3. The Balaban J connectivity index is 2.40. The molecule has 0 aromatic carbocycles. The highest BCUT2D eigenvalue weighted by atomic mass is 16.2. The van der Waals surface area contributed by atoms with Crippen LogP contribution in [0.25, 0.3) is 0 Å². The first kappa shape index (κ1) is 15.5. The van der Waals surface area contributed by atoms with E-state index in [0.29, 0.717) is 11.5 Å². The molecule has 1 fully saturated rings. The number of carbonyl (C=O) groups excluding carboxylic acids is 1. The zero-order valence-electron chi connectivity index (χ0n) is 12.8. The van der Waals surface area contributed by atoms with Crippen LogP contribution in [0.15, 0.2) is 0 Å². The average Bonchev–Trinajstić information content (AvgIpc) is 2.27. The van der Waals surface area contributed by atoms with Gasteiger partial charge in [-0.25, -0.2) is 0 Å². The molecular weight excluding hydrogens is 224 g/mol. The summed E-state index contributed by atoms with van der Waals surface area (Å²) in [5.41, 5.74) is 0.478. The van der Waals surface area contributed by atoms with Crippen LogP contribution in [-0.4, -0.2) is 37.0 Å². The van der Waals surface area contributed by atoms with Crippen molar-refractivity contribution in [3.8, 4) is 0 Å². The van der Waals surface area contributed by atoms with Gasteiger partial charge in [0, 0.05) is 20.1 Å². The maximum absolute atomic E-state index is 11.8. The van der Waals surface area contributed by atoms with E-state index in [9.17, 15) is 4.79 Å². The Bertz CT molecular complexity index is 270. The molecule has 2 unspecified atom stereocenters. The lowest BCUT2D eigenvalue weighted by molar-refractivity contribution is -0.130. The third-order valence-corrected chi connectivity index (χ3v) is 4.21. The molecule has 1 amide bonds. The lowest BCUT2D eigenvalue weighted by Crippen LogP contribution is -2.46. The summed E-state index contributed by atoms with van der Waals surface area (Å²) in [6.07, 6.45) is 8.00. The van der Waals surface area contributed by atoms with Gasteiger partial charge >= 0.3 is 0 Å². The Morgan fingerprint density at radius 3 is 2.28 bits per heavy atom. The number of amides is 1. The number of hydrogen-bond donors (Lipinski definition) is 1. The third kappa shape index (κ3) is 4.60. The summed E-state index contributed by atoms with van der Waals surface area (Å²) in [5.74, 6) is 0.163. The smallest absolute Gasteiger partial charge is 0.238 e. The van der Waals surface area contributed by atoms with Crippen LogP contribution in [0.5, 0.6) is 0 Å². The molecule has 1 aliphatic rings. The van der Waals surface area contributed by atoms with Gasteiger partial charge in [-0.05, 0) is 38.5 Å². The van der Waals surface area contributed by atoms with Crippen molar-refractivity contribution in [1.82, 2.24) is 10.2 Å². The Kier molecular flexibility index (Phi) is 5.64. The van der Waals surface area contributed by atoms with Crippen molar-refractivity contribution >= 4 is 5.91 Å². The average molecular weight is 254 g/mol. The summed E-state index contributed by atoms with van der Waals surface area (Å²) in [4.78, 5) is 13.5. The van der Waals surface area contributed by atoms with Gasteiger partial charge in [-0.1, -0.05) is 26.2 Å². The summed E-state index contributed by atoms with van der Waals surface area (Å²) in [7, 11) is 3.63. The summed E-state index contributed by atoms with van der Waals surface area (Å²) >= 11 is 0. The highest BCUT2D eigenvalue weighted by Crippen LogP contribution is 2.39. The van der Waals surface area contributed by atoms with Crippen molar-refractivity contribution in [3.63, 3.8) is 0 Å². The second-order valence-corrected chi connectivity index (χ2v) is 6.60. The molecule has 0 aromatic rings. The molecule has 1 aliphatic carbocycles. The molecule has 0 bridgehead atoms. The maximum atomic E-state index is 11.8. The lowest BCUT2D eigenvalue weighted by atomic mass is 9.72. The van der Waals surface area contributed by atoms with Crippen molar-refractivity contribution in [2.75, 3.05) is 14.1 Å². The van der Waals surface area contributed by atoms with Gasteiger partial charge in [0.2, 0.25) is 5.91 Å². The Morgan fingerprint density at radius 1 is 1.22 bits per heavy atom. The topological polar surface area (TPSA) is 32.3 Å². The van der Waals surface area contributed by atoms with Crippen LogP contribution in [0, 0.1) is 5.41 Å². The van der Waals surface area contributed by atoms with Crippen LogP contribution >= 0.6 is 0 Å². The molecule has 1 N–H and O–H groups in total. The fraction of sp³-hybridized carbons (Fsp3) is 0.933. The van der Waals surface area contributed by atoms with E-state index in [0.717, 1.165) is 0 Å². The van der Waals surface area contributed by atoms with E-state index in [-0.39, 0.29) is 11.9 Å². The standard InChI is InChI=1S/C15H30N2O/c1-12(16-13(2)14(18)17(4)5)11-15(3)9-7-6-8-10-15/h12-13,16H,6-11H2,1-5H3. The van der Waals surface area contributed by atoms with Gasteiger partial charge in [-0.15, -0.1) is 0 Å². The van der Waals surface area contributed by atoms with Gasteiger partial charge < -0.3 is 10.2 Å². The predicted octanol–water partition coefficient (Wildman–Crippen LogP) is 2.80. The molecule has 3 nitrogen and oxygen atoms in total. The largest absolute Gasteiger partial charge is 0.347 e. The predicted molar refractivity (Wildman–Crippen MR) is 76.6 cm³/mol. The Morgan fingerprint density at radius 2 is 1.78 bits per heavy atom.